The van der Waals surface area contributed by atoms with E-state index in [1.165, 1.54) is 0 Å². The average Bonchev–Trinajstić information content (AvgIpc) is 3.48. The molecule has 2 atom stereocenters. The lowest BCUT2D eigenvalue weighted by Crippen LogP contribution is -2.47. The summed E-state index contributed by atoms with van der Waals surface area (Å²) in [6.45, 7) is 1.89. The SMILES string of the molecule is O=C(NS(=O)(=O)C1CCOCC1)c1cccc(N2C[C@H]3CC[C@]2(OCc2c(-c4c(Cl)cccc4Cl)cnn2C2CC2)C3)c1. The molecule has 228 valence electrons. The van der Waals surface area contributed by atoms with Crippen molar-refractivity contribution in [3.8, 4) is 11.1 Å². The first-order chi connectivity index (χ1) is 20.7. The molecule has 2 saturated carbocycles. The number of halogens is 2. The fourth-order valence-electron chi connectivity index (χ4n) is 6.86. The van der Waals surface area contributed by atoms with E-state index in [4.69, 9.17) is 37.8 Å². The van der Waals surface area contributed by atoms with Crippen molar-refractivity contribution in [3.63, 3.8) is 0 Å². The predicted octanol–water partition coefficient (Wildman–Crippen LogP) is 5.96. The molecule has 1 amide bonds. The molecular formula is C31H34Cl2N4O5S. The largest absolute Gasteiger partial charge is 0.381 e. The highest BCUT2D eigenvalue weighted by atomic mass is 35.5. The standard InChI is InChI=1S/C31H34Cl2N4O5S/c32-26-5-2-6-27(33)29(26)25-17-34-37(22-7-8-22)28(25)19-42-31-12-9-20(16-31)18-36(31)23-4-1-3-21(15-23)30(38)35-43(39,40)24-10-13-41-14-11-24/h1-6,15,17,20,22,24H,7-14,16,18-19H2,(H,35,38)/t20-,31-/m0/s1. The molecule has 2 aliphatic carbocycles. The Kier molecular flexibility index (Phi) is 7.70. The number of sulfonamides is 1. The number of anilines is 1. The summed E-state index contributed by atoms with van der Waals surface area (Å²) in [6, 6.07) is 13.0. The van der Waals surface area contributed by atoms with Gasteiger partial charge in [0, 0.05) is 42.1 Å². The van der Waals surface area contributed by atoms with Gasteiger partial charge in [0.15, 0.2) is 0 Å². The summed E-state index contributed by atoms with van der Waals surface area (Å²) in [5, 5.41) is 5.22. The fourth-order valence-corrected chi connectivity index (χ4v) is 8.82. The van der Waals surface area contributed by atoms with Crippen molar-refractivity contribution in [2.24, 2.45) is 5.92 Å². The van der Waals surface area contributed by atoms with E-state index in [0.29, 0.717) is 60.2 Å². The van der Waals surface area contributed by atoms with Gasteiger partial charge in [-0.1, -0.05) is 35.3 Å². The van der Waals surface area contributed by atoms with Crippen molar-refractivity contribution < 1.29 is 22.7 Å². The molecule has 2 saturated heterocycles. The van der Waals surface area contributed by atoms with Gasteiger partial charge in [0.25, 0.3) is 5.91 Å². The van der Waals surface area contributed by atoms with Crippen LogP contribution < -0.4 is 9.62 Å². The Morgan fingerprint density at radius 1 is 1.07 bits per heavy atom. The molecule has 2 aliphatic heterocycles. The van der Waals surface area contributed by atoms with Crippen molar-refractivity contribution in [2.75, 3.05) is 24.7 Å². The van der Waals surface area contributed by atoms with Crippen LogP contribution in [0.3, 0.4) is 0 Å². The number of benzene rings is 2. The molecule has 12 heteroatoms. The van der Waals surface area contributed by atoms with Gasteiger partial charge in [-0.3, -0.25) is 9.48 Å². The molecule has 0 spiro atoms. The zero-order valence-corrected chi connectivity index (χ0v) is 26.0. The second-order valence-corrected chi connectivity index (χ2v) is 14.8. The lowest BCUT2D eigenvalue weighted by atomic mass is 10.1. The molecule has 4 fully saturated rings. The van der Waals surface area contributed by atoms with Crippen molar-refractivity contribution in [1.82, 2.24) is 14.5 Å². The lowest BCUT2D eigenvalue weighted by Gasteiger charge is -2.40. The summed E-state index contributed by atoms with van der Waals surface area (Å²) in [5.41, 5.74) is 3.18. The zero-order chi connectivity index (χ0) is 29.8. The average molecular weight is 646 g/mol. The molecular weight excluding hydrogens is 611 g/mol. The van der Waals surface area contributed by atoms with Gasteiger partial charge in [-0.25, -0.2) is 13.1 Å². The van der Waals surface area contributed by atoms with E-state index in [2.05, 4.69) is 14.3 Å². The van der Waals surface area contributed by atoms with Gasteiger partial charge in [-0.15, -0.1) is 0 Å². The van der Waals surface area contributed by atoms with E-state index in [1.807, 2.05) is 30.5 Å². The van der Waals surface area contributed by atoms with Crippen LogP contribution in [0.25, 0.3) is 11.1 Å². The van der Waals surface area contributed by atoms with Gasteiger partial charge in [-0.05, 0) is 81.2 Å². The van der Waals surface area contributed by atoms with E-state index in [9.17, 15) is 13.2 Å². The highest BCUT2D eigenvalue weighted by molar-refractivity contribution is 7.90. The Morgan fingerprint density at radius 3 is 2.53 bits per heavy atom. The predicted molar refractivity (Wildman–Crippen MR) is 165 cm³/mol. The van der Waals surface area contributed by atoms with Crippen LogP contribution >= 0.6 is 23.2 Å². The molecule has 2 aromatic carbocycles. The number of carbonyl (C=O) groups is 1. The number of piperidine rings is 1. The number of nitrogens with zero attached hydrogens (tertiary/aromatic N) is 3. The van der Waals surface area contributed by atoms with E-state index in [1.54, 1.807) is 18.2 Å². The Hall–Kier alpha value is -2.63. The number of nitrogens with one attached hydrogen (secondary N) is 1. The lowest BCUT2D eigenvalue weighted by molar-refractivity contribution is -0.0473. The summed E-state index contributed by atoms with van der Waals surface area (Å²) in [4.78, 5) is 15.4. The van der Waals surface area contributed by atoms with Crippen molar-refractivity contribution >= 4 is 44.8 Å². The molecule has 0 radical (unpaired) electrons. The Morgan fingerprint density at radius 2 is 1.81 bits per heavy atom. The van der Waals surface area contributed by atoms with Crippen molar-refractivity contribution in [1.29, 1.82) is 0 Å². The monoisotopic (exact) mass is 644 g/mol. The molecule has 9 nitrogen and oxygen atoms in total. The maximum absolute atomic E-state index is 13.1. The summed E-state index contributed by atoms with van der Waals surface area (Å²) in [6.07, 6.45) is 7.52. The first kappa shape index (κ1) is 29.1. The van der Waals surface area contributed by atoms with Gasteiger partial charge in [0.2, 0.25) is 10.0 Å². The second kappa shape index (κ2) is 11.4. The van der Waals surface area contributed by atoms with Crippen LogP contribution in [0.1, 0.15) is 67.0 Å². The smallest absolute Gasteiger partial charge is 0.264 e. The number of carbonyl (C=O) groups excluding carboxylic acids is 1. The first-order valence-electron chi connectivity index (χ1n) is 14.9. The number of aromatic nitrogens is 2. The van der Waals surface area contributed by atoms with Crippen molar-refractivity contribution in [2.45, 2.75) is 68.6 Å². The van der Waals surface area contributed by atoms with Crippen LogP contribution in [-0.4, -0.2) is 54.8 Å². The zero-order valence-electron chi connectivity index (χ0n) is 23.7. The third-order valence-corrected chi connectivity index (χ3v) is 11.7. The third kappa shape index (κ3) is 5.57. The number of amides is 1. The molecule has 7 rings (SSSR count). The number of ether oxygens (including phenoxy) is 2. The number of fused-ring (bicyclic) bond motifs is 2. The van der Waals surface area contributed by atoms with Gasteiger partial charge in [0.1, 0.15) is 5.72 Å². The van der Waals surface area contributed by atoms with E-state index >= 15 is 0 Å². The number of hydrogen-bond acceptors (Lipinski definition) is 7. The number of hydrogen-bond donors (Lipinski definition) is 1. The van der Waals surface area contributed by atoms with E-state index in [0.717, 1.165) is 61.2 Å². The summed E-state index contributed by atoms with van der Waals surface area (Å²) < 4.78 is 42.3. The Labute approximate surface area is 261 Å². The van der Waals surface area contributed by atoms with Crippen LogP contribution in [0.2, 0.25) is 10.0 Å². The summed E-state index contributed by atoms with van der Waals surface area (Å²) in [5.74, 6) is -0.153. The number of rotatable bonds is 9. The van der Waals surface area contributed by atoms with Gasteiger partial charge < -0.3 is 14.4 Å². The summed E-state index contributed by atoms with van der Waals surface area (Å²) in [7, 11) is -3.80. The molecule has 3 heterocycles. The minimum absolute atomic E-state index is 0.300. The van der Waals surface area contributed by atoms with Crippen molar-refractivity contribution in [3.05, 3.63) is 70.0 Å². The second-order valence-electron chi connectivity index (χ2n) is 12.1. The minimum atomic E-state index is -3.80. The third-order valence-electron chi connectivity index (χ3n) is 9.25. The van der Waals surface area contributed by atoms with Crippen LogP contribution in [0.15, 0.2) is 48.7 Å². The highest BCUT2D eigenvalue weighted by Gasteiger charge is 2.52. The molecule has 3 aromatic rings. The topological polar surface area (TPSA) is 103 Å². The fraction of sp³-hybridized carbons (Fsp3) is 0.484. The Bertz CT molecular complexity index is 1630. The quantitative estimate of drug-likeness (QED) is 0.306. The summed E-state index contributed by atoms with van der Waals surface area (Å²) >= 11 is 13.2. The van der Waals surface area contributed by atoms with Crippen LogP contribution in [-0.2, 0) is 26.1 Å². The maximum atomic E-state index is 13.1. The van der Waals surface area contributed by atoms with E-state index < -0.39 is 26.9 Å². The highest BCUT2D eigenvalue weighted by Crippen LogP contribution is 2.50. The molecule has 0 unspecified atom stereocenters. The molecule has 1 N–H and O–H groups in total. The maximum Gasteiger partial charge on any atom is 0.264 e. The minimum Gasteiger partial charge on any atom is -0.381 e. The van der Waals surface area contributed by atoms with Gasteiger partial charge in [0.05, 0.1) is 39.8 Å². The Balaban J connectivity index is 1.14. The first-order valence-corrected chi connectivity index (χ1v) is 17.2. The normalized spacial score (nSPS) is 24.0. The molecule has 1 aromatic heterocycles. The molecule has 2 bridgehead atoms. The van der Waals surface area contributed by atoms with E-state index in [-0.39, 0.29) is 0 Å². The van der Waals surface area contributed by atoms with Crippen LogP contribution in [0, 0.1) is 5.92 Å². The van der Waals surface area contributed by atoms with Gasteiger partial charge in [-0.2, -0.15) is 5.10 Å². The van der Waals surface area contributed by atoms with Crippen LogP contribution in [0.4, 0.5) is 5.69 Å². The molecule has 4 aliphatic rings. The van der Waals surface area contributed by atoms with Crippen LogP contribution in [0.5, 0.6) is 0 Å². The molecule has 43 heavy (non-hydrogen) atoms. The van der Waals surface area contributed by atoms with Gasteiger partial charge >= 0.3 is 0 Å².